The summed E-state index contributed by atoms with van der Waals surface area (Å²) in [6, 6.07) is 5.59. The highest BCUT2D eigenvalue weighted by molar-refractivity contribution is 9.10. The Hall–Kier alpha value is -0.380. The average Bonchev–Trinajstić information content (AvgIpc) is 2.28. The molecule has 4 heteroatoms. The van der Waals surface area contributed by atoms with Crippen LogP contribution in [0.5, 0.6) is 0 Å². The number of carbonyl (C=O) groups excluding carboxylic acids is 1. The van der Waals surface area contributed by atoms with Crippen molar-refractivity contribution < 1.29 is 9.53 Å². The monoisotopic (exact) mass is 318 g/mol. The molecule has 0 aliphatic heterocycles. The largest absolute Gasteiger partial charge is 0.382 e. The lowest BCUT2D eigenvalue weighted by molar-refractivity contribution is -0.118. The van der Waals surface area contributed by atoms with Gasteiger partial charge in [-0.3, -0.25) is 4.79 Å². The predicted octanol–water partition coefficient (Wildman–Crippen LogP) is 4.03. The number of hydrogen-bond donors (Lipinski definition) is 0. The fourth-order valence-corrected chi connectivity index (χ4v) is 2.22. The van der Waals surface area contributed by atoms with Gasteiger partial charge in [-0.15, -0.1) is 0 Å². The molecule has 0 spiro atoms. The third-order valence-electron chi connectivity index (χ3n) is 2.35. The van der Waals surface area contributed by atoms with E-state index in [1.54, 1.807) is 0 Å². The van der Waals surface area contributed by atoms with E-state index >= 15 is 0 Å². The Balaban J connectivity index is 2.40. The minimum Gasteiger partial charge on any atom is -0.382 e. The van der Waals surface area contributed by atoms with Crippen molar-refractivity contribution in [3.8, 4) is 0 Å². The van der Waals surface area contributed by atoms with Gasteiger partial charge in [-0.2, -0.15) is 0 Å². The molecule has 0 unspecified atom stereocenters. The number of ether oxygens (including phenoxy) is 1. The lowest BCUT2D eigenvalue weighted by Crippen LogP contribution is -2.05. The maximum atomic E-state index is 11.7. The van der Waals surface area contributed by atoms with Crippen molar-refractivity contribution in [2.45, 2.75) is 26.2 Å². The van der Waals surface area contributed by atoms with Crippen molar-refractivity contribution in [2.75, 3.05) is 13.2 Å². The summed E-state index contributed by atoms with van der Waals surface area (Å²) in [5.74, 6) is 0.203. The maximum Gasteiger partial charge on any atom is 0.137 e. The fourth-order valence-electron chi connectivity index (χ4n) is 1.48. The van der Waals surface area contributed by atoms with E-state index in [0.717, 1.165) is 16.5 Å². The first-order valence-corrected chi connectivity index (χ1v) is 6.84. The second-order valence-corrected chi connectivity index (χ2v) is 5.07. The van der Waals surface area contributed by atoms with E-state index in [-0.39, 0.29) is 5.78 Å². The van der Waals surface area contributed by atoms with Gasteiger partial charge in [0.2, 0.25) is 0 Å². The molecule has 0 saturated carbocycles. The quantitative estimate of drug-likeness (QED) is 0.709. The SMILES string of the molecule is CCOCCCC(=O)Cc1ccc(Br)cc1Cl. The summed E-state index contributed by atoms with van der Waals surface area (Å²) >= 11 is 9.39. The van der Waals surface area contributed by atoms with Gasteiger partial charge in [-0.05, 0) is 31.0 Å². The van der Waals surface area contributed by atoms with Crippen LogP contribution < -0.4 is 0 Å². The summed E-state index contributed by atoms with van der Waals surface area (Å²) < 4.78 is 6.12. The Labute approximate surface area is 115 Å². The van der Waals surface area contributed by atoms with Crippen LogP contribution in [0.3, 0.4) is 0 Å². The van der Waals surface area contributed by atoms with Crippen LogP contribution in [0, 0.1) is 0 Å². The molecule has 0 fully saturated rings. The summed E-state index contributed by atoms with van der Waals surface area (Å²) in [4.78, 5) is 11.7. The summed E-state index contributed by atoms with van der Waals surface area (Å²) in [7, 11) is 0. The van der Waals surface area contributed by atoms with Crippen molar-refractivity contribution in [3.63, 3.8) is 0 Å². The van der Waals surface area contributed by atoms with Gasteiger partial charge in [-0.1, -0.05) is 33.6 Å². The standard InChI is InChI=1S/C13H16BrClO2/c1-2-17-7-3-4-12(16)8-10-5-6-11(14)9-13(10)15/h5-6,9H,2-4,7-8H2,1H3. The first kappa shape index (κ1) is 14.7. The molecule has 2 nitrogen and oxygen atoms in total. The molecule has 0 heterocycles. The number of benzene rings is 1. The van der Waals surface area contributed by atoms with E-state index in [4.69, 9.17) is 16.3 Å². The van der Waals surface area contributed by atoms with Crippen molar-refractivity contribution >= 4 is 33.3 Å². The Morgan fingerprint density at radius 2 is 2.24 bits per heavy atom. The lowest BCUT2D eigenvalue weighted by Gasteiger charge is -2.04. The first-order chi connectivity index (χ1) is 8.13. The van der Waals surface area contributed by atoms with Gasteiger partial charge in [0, 0.05) is 35.6 Å². The Morgan fingerprint density at radius 3 is 2.88 bits per heavy atom. The van der Waals surface area contributed by atoms with E-state index in [0.29, 0.717) is 31.1 Å². The number of rotatable bonds is 7. The van der Waals surface area contributed by atoms with E-state index < -0.39 is 0 Å². The highest BCUT2D eigenvalue weighted by atomic mass is 79.9. The summed E-state index contributed by atoms with van der Waals surface area (Å²) in [5.41, 5.74) is 0.885. The Kier molecular flexibility index (Phi) is 6.78. The first-order valence-electron chi connectivity index (χ1n) is 5.67. The molecule has 1 aromatic carbocycles. The van der Waals surface area contributed by atoms with E-state index in [9.17, 15) is 4.79 Å². The molecule has 0 bridgehead atoms. The van der Waals surface area contributed by atoms with Gasteiger partial charge >= 0.3 is 0 Å². The Bertz CT molecular complexity index is 380. The van der Waals surface area contributed by atoms with Gasteiger partial charge in [0.05, 0.1) is 0 Å². The number of hydrogen-bond acceptors (Lipinski definition) is 2. The number of ketones is 1. The molecule has 0 saturated heterocycles. The van der Waals surface area contributed by atoms with Crippen LogP contribution in [-0.4, -0.2) is 19.0 Å². The van der Waals surface area contributed by atoms with Gasteiger partial charge < -0.3 is 4.74 Å². The minimum absolute atomic E-state index is 0.203. The maximum absolute atomic E-state index is 11.7. The molecule has 0 amide bonds. The van der Waals surface area contributed by atoms with E-state index in [2.05, 4.69) is 15.9 Å². The molecular formula is C13H16BrClO2. The van der Waals surface area contributed by atoms with E-state index in [1.807, 2.05) is 25.1 Å². The molecule has 0 N–H and O–H groups in total. The van der Waals surface area contributed by atoms with Crippen molar-refractivity contribution in [3.05, 3.63) is 33.3 Å². The molecular weight excluding hydrogens is 303 g/mol. The van der Waals surface area contributed by atoms with Gasteiger partial charge in [0.25, 0.3) is 0 Å². The van der Waals surface area contributed by atoms with Gasteiger partial charge in [0.1, 0.15) is 5.78 Å². The van der Waals surface area contributed by atoms with Crippen LogP contribution in [0.4, 0.5) is 0 Å². The molecule has 94 valence electrons. The van der Waals surface area contributed by atoms with Crippen molar-refractivity contribution in [1.82, 2.24) is 0 Å². The fraction of sp³-hybridized carbons (Fsp3) is 0.462. The molecule has 17 heavy (non-hydrogen) atoms. The van der Waals surface area contributed by atoms with Crippen molar-refractivity contribution in [2.24, 2.45) is 0 Å². The molecule has 0 aliphatic rings. The second-order valence-electron chi connectivity index (χ2n) is 3.75. The highest BCUT2D eigenvalue weighted by Crippen LogP contribution is 2.22. The van der Waals surface area contributed by atoms with E-state index in [1.165, 1.54) is 0 Å². The average molecular weight is 320 g/mol. The number of Topliss-reactive ketones (excluding diaryl/α,β-unsaturated/α-hetero) is 1. The van der Waals surface area contributed by atoms with Crippen LogP contribution in [-0.2, 0) is 16.0 Å². The zero-order valence-electron chi connectivity index (χ0n) is 9.84. The van der Waals surface area contributed by atoms with Crippen LogP contribution >= 0.6 is 27.5 Å². The summed E-state index contributed by atoms with van der Waals surface area (Å²) in [5, 5.41) is 0.637. The molecule has 1 aromatic rings. The van der Waals surface area contributed by atoms with Crippen LogP contribution in [0.1, 0.15) is 25.3 Å². The smallest absolute Gasteiger partial charge is 0.137 e. The molecule has 0 radical (unpaired) electrons. The van der Waals surface area contributed by atoms with Crippen LogP contribution in [0.2, 0.25) is 5.02 Å². The zero-order chi connectivity index (χ0) is 12.7. The third kappa shape index (κ3) is 5.66. The second kappa shape index (κ2) is 7.85. The molecule has 0 atom stereocenters. The lowest BCUT2D eigenvalue weighted by atomic mass is 10.1. The molecule has 1 rings (SSSR count). The van der Waals surface area contributed by atoms with Gasteiger partial charge in [-0.25, -0.2) is 0 Å². The van der Waals surface area contributed by atoms with Crippen LogP contribution in [0.15, 0.2) is 22.7 Å². The normalized spacial score (nSPS) is 10.5. The Morgan fingerprint density at radius 1 is 1.47 bits per heavy atom. The topological polar surface area (TPSA) is 26.3 Å². The van der Waals surface area contributed by atoms with Crippen LogP contribution in [0.25, 0.3) is 0 Å². The minimum atomic E-state index is 0.203. The zero-order valence-corrected chi connectivity index (χ0v) is 12.2. The van der Waals surface area contributed by atoms with Gasteiger partial charge in [0.15, 0.2) is 0 Å². The summed E-state index contributed by atoms with van der Waals surface area (Å²) in [6.45, 7) is 3.30. The third-order valence-corrected chi connectivity index (χ3v) is 3.20. The predicted molar refractivity (Wildman–Crippen MR) is 73.6 cm³/mol. The highest BCUT2D eigenvalue weighted by Gasteiger charge is 2.07. The molecule has 0 aliphatic carbocycles. The molecule has 0 aromatic heterocycles. The number of halogens is 2. The van der Waals surface area contributed by atoms with Crippen molar-refractivity contribution in [1.29, 1.82) is 0 Å². The summed E-state index contributed by atoms with van der Waals surface area (Å²) in [6.07, 6.45) is 1.73. The number of carbonyl (C=O) groups is 1.